The van der Waals surface area contributed by atoms with Crippen LogP contribution >= 0.6 is 24.0 Å². The highest BCUT2D eigenvalue weighted by molar-refractivity contribution is 14.0. The van der Waals surface area contributed by atoms with E-state index in [9.17, 15) is 4.39 Å². The number of hydrogen-bond acceptors (Lipinski definition) is 2. The molecule has 0 radical (unpaired) electrons. The van der Waals surface area contributed by atoms with Crippen molar-refractivity contribution in [3.63, 3.8) is 0 Å². The first kappa shape index (κ1) is 21.2. The monoisotopic (exact) mass is 448 g/mol. The van der Waals surface area contributed by atoms with Crippen LogP contribution in [-0.4, -0.2) is 55.0 Å². The maximum absolute atomic E-state index is 13.0. The van der Waals surface area contributed by atoms with Gasteiger partial charge in [-0.3, -0.25) is 9.89 Å². The molecule has 1 N–H and O–H groups in total. The van der Waals surface area contributed by atoms with E-state index >= 15 is 0 Å². The van der Waals surface area contributed by atoms with E-state index in [-0.39, 0.29) is 29.8 Å². The summed E-state index contributed by atoms with van der Waals surface area (Å²) >= 11 is 0. The second kappa shape index (κ2) is 10.9. The fraction of sp³-hybridized carbons (Fsp3) is 0.611. The Bertz CT molecular complexity index is 502. The summed E-state index contributed by atoms with van der Waals surface area (Å²) in [6.45, 7) is 8.76. The third kappa shape index (κ3) is 6.93. The Morgan fingerprint density at radius 1 is 1.25 bits per heavy atom. The smallest absolute Gasteiger partial charge is 0.194 e. The van der Waals surface area contributed by atoms with Crippen LogP contribution in [0.4, 0.5) is 4.39 Å². The lowest BCUT2D eigenvalue weighted by atomic mass is 10.2. The summed E-state index contributed by atoms with van der Waals surface area (Å²) in [6, 6.07) is 7.43. The van der Waals surface area contributed by atoms with E-state index in [0.29, 0.717) is 6.54 Å². The summed E-state index contributed by atoms with van der Waals surface area (Å²) in [7, 11) is 2.02. The Labute approximate surface area is 162 Å². The Hall–Kier alpha value is -0.890. The van der Waals surface area contributed by atoms with Crippen molar-refractivity contribution in [3.8, 4) is 0 Å². The highest BCUT2D eigenvalue weighted by atomic mass is 127. The van der Waals surface area contributed by atoms with E-state index in [1.54, 1.807) is 0 Å². The quantitative estimate of drug-likeness (QED) is 0.376. The molecule has 0 heterocycles. The third-order valence-electron chi connectivity index (χ3n) is 4.15. The minimum absolute atomic E-state index is 0. The van der Waals surface area contributed by atoms with Crippen molar-refractivity contribution >= 4 is 29.9 Å². The molecule has 4 nitrogen and oxygen atoms in total. The molecule has 0 bridgehead atoms. The Kier molecular flexibility index (Phi) is 9.58. The van der Waals surface area contributed by atoms with Crippen molar-refractivity contribution in [1.82, 2.24) is 15.1 Å². The lowest BCUT2D eigenvalue weighted by Gasteiger charge is -2.23. The number of aliphatic imine (C=N–C) groups is 1. The maximum atomic E-state index is 13.0. The molecule has 1 aliphatic rings. The Balaban J connectivity index is 0.00000288. The first-order valence-electron chi connectivity index (χ1n) is 8.62. The molecule has 1 saturated carbocycles. The van der Waals surface area contributed by atoms with Crippen molar-refractivity contribution in [2.45, 2.75) is 39.3 Å². The third-order valence-corrected chi connectivity index (χ3v) is 4.15. The standard InChI is InChI=1S/C18H29FN4.HI/c1-4-20-18(21-12-13-23(5-2)17-10-11-17)22(3)14-15-6-8-16(19)9-7-15;/h6-9,17H,4-5,10-14H2,1-3H3,(H,20,21);1H. The van der Waals surface area contributed by atoms with Gasteiger partial charge in [0.05, 0.1) is 6.54 Å². The van der Waals surface area contributed by atoms with Crippen LogP contribution in [0.3, 0.4) is 0 Å². The topological polar surface area (TPSA) is 30.9 Å². The van der Waals surface area contributed by atoms with Gasteiger partial charge in [0.15, 0.2) is 5.96 Å². The summed E-state index contributed by atoms with van der Waals surface area (Å²) < 4.78 is 13.0. The van der Waals surface area contributed by atoms with Gasteiger partial charge in [0.1, 0.15) is 5.82 Å². The molecule has 0 saturated heterocycles. The molecule has 24 heavy (non-hydrogen) atoms. The van der Waals surface area contributed by atoms with E-state index in [0.717, 1.165) is 43.7 Å². The fourth-order valence-corrected chi connectivity index (χ4v) is 2.73. The van der Waals surface area contributed by atoms with Gasteiger partial charge >= 0.3 is 0 Å². The predicted molar refractivity (Wildman–Crippen MR) is 110 cm³/mol. The maximum Gasteiger partial charge on any atom is 0.194 e. The van der Waals surface area contributed by atoms with E-state index < -0.39 is 0 Å². The van der Waals surface area contributed by atoms with Crippen molar-refractivity contribution in [2.75, 3.05) is 33.2 Å². The van der Waals surface area contributed by atoms with Crippen molar-refractivity contribution < 1.29 is 4.39 Å². The van der Waals surface area contributed by atoms with Crippen LogP contribution in [0.25, 0.3) is 0 Å². The van der Waals surface area contributed by atoms with Gasteiger partial charge in [-0.05, 0) is 44.0 Å². The van der Waals surface area contributed by atoms with Crippen molar-refractivity contribution in [2.24, 2.45) is 4.99 Å². The number of rotatable bonds is 8. The van der Waals surface area contributed by atoms with Gasteiger partial charge in [0, 0.05) is 32.7 Å². The first-order valence-corrected chi connectivity index (χ1v) is 8.62. The number of nitrogens with one attached hydrogen (secondary N) is 1. The molecule has 0 spiro atoms. The SMILES string of the molecule is CCNC(=NCCN(CC)C1CC1)N(C)Cc1ccc(F)cc1.I. The summed E-state index contributed by atoms with van der Waals surface area (Å²) in [5.41, 5.74) is 1.08. The minimum atomic E-state index is -0.197. The molecule has 0 aromatic heterocycles. The molecular weight excluding hydrogens is 418 g/mol. The van der Waals surface area contributed by atoms with Crippen LogP contribution in [-0.2, 0) is 6.54 Å². The summed E-state index contributed by atoms with van der Waals surface area (Å²) in [6.07, 6.45) is 2.67. The van der Waals surface area contributed by atoms with E-state index in [4.69, 9.17) is 4.99 Å². The zero-order valence-electron chi connectivity index (χ0n) is 15.0. The van der Waals surface area contributed by atoms with Crippen LogP contribution in [0.2, 0.25) is 0 Å². The number of hydrogen-bond donors (Lipinski definition) is 1. The molecule has 1 aliphatic carbocycles. The van der Waals surface area contributed by atoms with Crippen molar-refractivity contribution in [1.29, 1.82) is 0 Å². The predicted octanol–water partition coefficient (Wildman–Crippen LogP) is 3.33. The number of nitrogens with zero attached hydrogens (tertiary/aromatic N) is 3. The van der Waals surface area contributed by atoms with Gasteiger partial charge in [0.2, 0.25) is 0 Å². The first-order chi connectivity index (χ1) is 11.1. The van der Waals surface area contributed by atoms with Gasteiger partial charge < -0.3 is 10.2 Å². The van der Waals surface area contributed by atoms with Crippen LogP contribution < -0.4 is 5.32 Å². The van der Waals surface area contributed by atoms with Crippen LogP contribution in [0.15, 0.2) is 29.3 Å². The van der Waals surface area contributed by atoms with Gasteiger partial charge in [-0.1, -0.05) is 19.1 Å². The second-order valence-electron chi connectivity index (χ2n) is 6.08. The van der Waals surface area contributed by atoms with Crippen LogP contribution in [0.1, 0.15) is 32.3 Å². The average Bonchev–Trinajstić information content (AvgIpc) is 3.37. The number of guanidine groups is 1. The molecule has 1 fully saturated rings. The van der Waals surface area contributed by atoms with Crippen LogP contribution in [0, 0.1) is 5.82 Å². The van der Waals surface area contributed by atoms with Gasteiger partial charge in [0.25, 0.3) is 0 Å². The number of benzene rings is 1. The number of halogens is 2. The zero-order chi connectivity index (χ0) is 16.7. The Morgan fingerprint density at radius 3 is 2.46 bits per heavy atom. The largest absolute Gasteiger partial charge is 0.357 e. The molecule has 0 atom stereocenters. The van der Waals surface area contributed by atoms with E-state index in [1.807, 2.05) is 19.2 Å². The molecule has 2 rings (SSSR count). The average molecular weight is 448 g/mol. The zero-order valence-corrected chi connectivity index (χ0v) is 17.3. The molecule has 0 amide bonds. The molecule has 1 aromatic rings. The highest BCUT2D eigenvalue weighted by Crippen LogP contribution is 2.25. The van der Waals surface area contributed by atoms with Gasteiger partial charge in [-0.25, -0.2) is 4.39 Å². The summed E-state index contributed by atoms with van der Waals surface area (Å²) in [4.78, 5) is 9.34. The second-order valence-corrected chi connectivity index (χ2v) is 6.08. The molecule has 0 unspecified atom stereocenters. The fourth-order valence-electron chi connectivity index (χ4n) is 2.73. The Morgan fingerprint density at radius 2 is 1.92 bits per heavy atom. The molecule has 0 aliphatic heterocycles. The lowest BCUT2D eigenvalue weighted by Crippen LogP contribution is -2.39. The van der Waals surface area contributed by atoms with Crippen molar-refractivity contribution in [3.05, 3.63) is 35.6 Å². The lowest BCUT2D eigenvalue weighted by molar-refractivity contribution is 0.285. The summed E-state index contributed by atoms with van der Waals surface area (Å²) in [5.74, 6) is 0.709. The van der Waals surface area contributed by atoms with Crippen LogP contribution in [0.5, 0.6) is 0 Å². The number of likely N-dealkylation sites (N-methyl/N-ethyl adjacent to an activating group) is 1. The summed E-state index contributed by atoms with van der Waals surface area (Å²) in [5, 5.41) is 3.33. The van der Waals surface area contributed by atoms with E-state index in [1.165, 1.54) is 25.0 Å². The molecular formula is C18H30FIN4. The molecule has 6 heteroatoms. The minimum Gasteiger partial charge on any atom is -0.357 e. The van der Waals surface area contributed by atoms with Gasteiger partial charge in [-0.2, -0.15) is 0 Å². The highest BCUT2D eigenvalue weighted by Gasteiger charge is 2.27. The van der Waals surface area contributed by atoms with E-state index in [2.05, 4.69) is 29.0 Å². The molecule has 136 valence electrons. The normalized spacial score (nSPS) is 14.5. The van der Waals surface area contributed by atoms with Gasteiger partial charge in [-0.15, -0.1) is 24.0 Å². The molecule has 1 aromatic carbocycles.